The summed E-state index contributed by atoms with van der Waals surface area (Å²) in [6.07, 6.45) is 1.76. The number of aryl methyl sites for hydroxylation is 1. The van der Waals surface area contributed by atoms with E-state index in [0.29, 0.717) is 27.8 Å². The fourth-order valence-corrected chi connectivity index (χ4v) is 3.51. The second-order valence-corrected chi connectivity index (χ2v) is 7.75. The Kier molecular flexibility index (Phi) is 6.14. The number of hydrogen-bond donors (Lipinski definition) is 2. The predicted molar refractivity (Wildman–Crippen MR) is 126 cm³/mol. The lowest BCUT2D eigenvalue weighted by atomic mass is 10.0. The Morgan fingerprint density at radius 1 is 1.06 bits per heavy atom. The van der Waals surface area contributed by atoms with Crippen molar-refractivity contribution in [2.24, 2.45) is 0 Å². The minimum Gasteiger partial charge on any atom is -0.493 e. The SMILES string of the molecule is COc1cc(C=C2C(=O)Nc3ccc(Cl)cc32)ccc1OCC(=O)Nc1ccc(C)cc1. The molecule has 6 nitrogen and oxygen atoms in total. The van der Waals surface area contributed by atoms with Crippen molar-refractivity contribution in [3.63, 3.8) is 0 Å². The van der Waals surface area contributed by atoms with Gasteiger partial charge in [0.2, 0.25) is 0 Å². The maximum atomic E-state index is 12.4. The van der Waals surface area contributed by atoms with Crippen molar-refractivity contribution < 1.29 is 19.1 Å². The van der Waals surface area contributed by atoms with Crippen LogP contribution in [-0.2, 0) is 9.59 Å². The molecule has 3 aromatic carbocycles. The van der Waals surface area contributed by atoms with Crippen molar-refractivity contribution in [1.29, 1.82) is 0 Å². The zero-order chi connectivity index (χ0) is 22.7. The molecule has 1 aliphatic rings. The Bertz CT molecular complexity index is 1220. The number of ether oxygens (including phenoxy) is 2. The first kappa shape index (κ1) is 21.5. The number of methoxy groups -OCH3 is 1. The number of carbonyl (C=O) groups excluding carboxylic acids is 2. The summed E-state index contributed by atoms with van der Waals surface area (Å²) >= 11 is 6.09. The smallest absolute Gasteiger partial charge is 0.262 e. The van der Waals surface area contributed by atoms with Crippen LogP contribution in [0.5, 0.6) is 11.5 Å². The van der Waals surface area contributed by atoms with Gasteiger partial charge in [-0.15, -0.1) is 0 Å². The third-order valence-electron chi connectivity index (χ3n) is 4.96. The van der Waals surface area contributed by atoms with E-state index in [2.05, 4.69) is 10.6 Å². The molecule has 1 aliphatic heterocycles. The van der Waals surface area contributed by atoms with Crippen molar-refractivity contribution in [3.05, 3.63) is 82.4 Å². The highest BCUT2D eigenvalue weighted by Crippen LogP contribution is 2.36. The molecule has 3 aromatic rings. The number of fused-ring (bicyclic) bond motifs is 1. The van der Waals surface area contributed by atoms with Crippen molar-refractivity contribution in [3.8, 4) is 11.5 Å². The number of nitrogens with one attached hydrogen (secondary N) is 2. The van der Waals surface area contributed by atoms with Gasteiger partial charge in [-0.3, -0.25) is 9.59 Å². The van der Waals surface area contributed by atoms with Gasteiger partial charge in [-0.25, -0.2) is 0 Å². The van der Waals surface area contributed by atoms with Crippen LogP contribution < -0.4 is 20.1 Å². The Balaban J connectivity index is 1.48. The number of benzene rings is 3. The predicted octanol–water partition coefficient (Wildman–Crippen LogP) is 5.17. The molecule has 0 spiro atoms. The molecule has 0 atom stereocenters. The lowest BCUT2D eigenvalue weighted by Crippen LogP contribution is -2.20. The van der Waals surface area contributed by atoms with Gasteiger partial charge in [0.05, 0.1) is 7.11 Å². The lowest BCUT2D eigenvalue weighted by molar-refractivity contribution is -0.118. The number of hydrogen-bond acceptors (Lipinski definition) is 4. The second-order valence-electron chi connectivity index (χ2n) is 7.32. The number of carbonyl (C=O) groups is 2. The molecule has 162 valence electrons. The Labute approximate surface area is 190 Å². The maximum Gasteiger partial charge on any atom is 0.262 e. The van der Waals surface area contributed by atoms with E-state index in [0.717, 1.165) is 22.4 Å². The molecule has 0 saturated heterocycles. The van der Waals surface area contributed by atoms with E-state index in [1.54, 1.807) is 42.5 Å². The topological polar surface area (TPSA) is 76.7 Å². The molecule has 0 radical (unpaired) electrons. The van der Waals surface area contributed by atoms with Crippen molar-refractivity contribution >= 4 is 46.4 Å². The average Bonchev–Trinajstić information content (AvgIpc) is 3.08. The number of halogens is 1. The molecule has 32 heavy (non-hydrogen) atoms. The summed E-state index contributed by atoms with van der Waals surface area (Å²) in [5.41, 5.74) is 4.53. The summed E-state index contributed by atoms with van der Waals surface area (Å²) < 4.78 is 11.1. The van der Waals surface area contributed by atoms with Gasteiger partial charge >= 0.3 is 0 Å². The van der Waals surface area contributed by atoms with Gasteiger partial charge in [-0.2, -0.15) is 0 Å². The summed E-state index contributed by atoms with van der Waals surface area (Å²) in [4.78, 5) is 24.6. The molecular formula is C25H21ClN2O4. The molecule has 1 heterocycles. The highest BCUT2D eigenvalue weighted by Gasteiger charge is 2.24. The van der Waals surface area contributed by atoms with E-state index < -0.39 is 0 Å². The van der Waals surface area contributed by atoms with Crippen LogP contribution in [-0.4, -0.2) is 25.5 Å². The molecule has 7 heteroatoms. The lowest BCUT2D eigenvalue weighted by Gasteiger charge is -2.12. The van der Waals surface area contributed by atoms with Gasteiger partial charge in [-0.1, -0.05) is 35.4 Å². The standard InChI is InChI=1S/C25H21ClN2O4/c1-15-3-7-18(8-4-15)27-24(29)14-32-22-10-5-16(12-23(22)31-2)11-20-19-13-17(26)6-9-21(19)28-25(20)30/h3-13H,14H2,1-2H3,(H,27,29)(H,28,30). The number of rotatable bonds is 6. The molecule has 0 aliphatic carbocycles. The van der Waals surface area contributed by atoms with E-state index in [4.69, 9.17) is 21.1 Å². The van der Waals surface area contributed by atoms with Crippen LogP contribution in [0.3, 0.4) is 0 Å². The van der Waals surface area contributed by atoms with Crippen molar-refractivity contribution in [2.45, 2.75) is 6.92 Å². The Morgan fingerprint density at radius 3 is 2.59 bits per heavy atom. The number of amides is 2. The van der Waals surface area contributed by atoms with Crippen molar-refractivity contribution in [2.75, 3.05) is 24.4 Å². The van der Waals surface area contributed by atoms with Crippen LogP contribution in [0.15, 0.2) is 60.7 Å². The molecule has 0 aromatic heterocycles. The Morgan fingerprint density at radius 2 is 1.84 bits per heavy atom. The van der Waals surface area contributed by atoms with Gasteiger partial charge in [0.15, 0.2) is 18.1 Å². The molecule has 2 amide bonds. The summed E-state index contributed by atoms with van der Waals surface area (Å²) in [5, 5.41) is 6.16. The van der Waals surface area contributed by atoms with Crippen LogP contribution in [0, 0.1) is 6.92 Å². The fraction of sp³-hybridized carbons (Fsp3) is 0.120. The van der Waals surface area contributed by atoms with E-state index in [9.17, 15) is 9.59 Å². The molecule has 2 N–H and O–H groups in total. The Hall–Kier alpha value is -3.77. The zero-order valence-corrected chi connectivity index (χ0v) is 18.3. The zero-order valence-electron chi connectivity index (χ0n) is 17.6. The summed E-state index contributed by atoms with van der Waals surface area (Å²) in [7, 11) is 1.52. The van der Waals surface area contributed by atoms with Gasteiger partial charge in [-0.05, 0) is 61.0 Å². The molecule has 4 rings (SSSR count). The number of anilines is 2. The van der Waals surface area contributed by atoms with E-state index >= 15 is 0 Å². The summed E-state index contributed by atoms with van der Waals surface area (Å²) in [6.45, 7) is 1.81. The molecule has 0 bridgehead atoms. The molecule has 0 unspecified atom stereocenters. The summed E-state index contributed by atoms with van der Waals surface area (Å²) in [5.74, 6) is 0.396. The monoisotopic (exact) mass is 448 g/mol. The first-order valence-electron chi connectivity index (χ1n) is 9.93. The maximum absolute atomic E-state index is 12.4. The molecule has 0 fully saturated rings. The van der Waals surface area contributed by atoms with Crippen LogP contribution in [0.25, 0.3) is 11.6 Å². The van der Waals surface area contributed by atoms with Crippen LogP contribution >= 0.6 is 11.6 Å². The fourth-order valence-electron chi connectivity index (χ4n) is 3.34. The van der Waals surface area contributed by atoms with Crippen LogP contribution in [0.2, 0.25) is 5.02 Å². The third-order valence-corrected chi connectivity index (χ3v) is 5.19. The second kappa shape index (κ2) is 9.16. The first-order chi connectivity index (χ1) is 15.4. The molecule has 0 saturated carbocycles. The van der Waals surface area contributed by atoms with Gasteiger partial charge in [0, 0.05) is 27.5 Å². The average molecular weight is 449 g/mol. The first-order valence-corrected chi connectivity index (χ1v) is 10.3. The van der Waals surface area contributed by atoms with Gasteiger partial charge in [0.1, 0.15) is 0 Å². The van der Waals surface area contributed by atoms with E-state index in [1.807, 2.05) is 31.2 Å². The van der Waals surface area contributed by atoms with E-state index in [1.165, 1.54) is 7.11 Å². The highest BCUT2D eigenvalue weighted by atomic mass is 35.5. The minimum absolute atomic E-state index is 0.168. The largest absolute Gasteiger partial charge is 0.493 e. The third kappa shape index (κ3) is 4.76. The van der Waals surface area contributed by atoms with Gasteiger partial charge in [0.25, 0.3) is 11.8 Å². The van der Waals surface area contributed by atoms with Crippen LogP contribution in [0.4, 0.5) is 11.4 Å². The highest BCUT2D eigenvalue weighted by molar-refractivity contribution is 6.36. The van der Waals surface area contributed by atoms with E-state index in [-0.39, 0.29) is 18.4 Å². The summed E-state index contributed by atoms with van der Waals surface area (Å²) in [6, 6.07) is 18.0. The minimum atomic E-state index is -0.279. The van der Waals surface area contributed by atoms with Crippen LogP contribution in [0.1, 0.15) is 16.7 Å². The van der Waals surface area contributed by atoms with Gasteiger partial charge < -0.3 is 20.1 Å². The quantitative estimate of drug-likeness (QED) is 0.510. The van der Waals surface area contributed by atoms with Crippen molar-refractivity contribution in [1.82, 2.24) is 0 Å². The molecular weight excluding hydrogens is 428 g/mol. The normalized spacial score (nSPS) is 13.5.